The molecule has 1 heterocycles. The second-order valence-electron chi connectivity index (χ2n) is 5.61. The average molecular weight is 378 g/mol. The molecule has 0 bridgehead atoms. The summed E-state index contributed by atoms with van der Waals surface area (Å²) in [5.74, 6) is 0.00679. The van der Waals surface area contributed by atoms with Crippen molar-refractivity contribution in [3.05, 3.63) is 83.1 Å². The monoisotopic (exact) mass is 378 g/mol. The minimum Gasteiger partial charge on any atom is -0.484 e. The van der Waals surface area contributed by atoms with E-state index in [1.54, 1.807) is 53.8 Å². The van der Waals surface area contributed by atoms with E-state index in [9.17, 15) is 9.59 Å². The summed E-state index contributed by atoms with van der Waals surface area (Å²) in [6.07, 6.45) is 3.23. The van der Waals surface area contributed by atoms with Gasteiger partial charge < -0.3 is 15.4 Å². The molecule has 136 valence electrons. The molecule has 2 amide bonds. The van der Waals surface area contributed by atoms with Crippen LogP contribution in [0.4, 0.5) is 11.4 Å². The second-order valence-corrected chi connectivity index (χ2v) is 6.39. The minimum absolute atomic E-state index is 0.121. The van der Waals surface area contributed by atoms with E-state index in [1.807, 2.05) is 35.0 Å². The van der Waals surface area contributed by atoms with Crippen molar-refractivity contribution in [2.24, 2.45) is 0 Å². The fourth-order valence-electron chi connectivity index (χ4n) is 2.26. The van der Waals surface area contributed by atoms with Gasteiger partial charge in [-0.2, -0.15) is 11.3 Å². The smallest absolute Gasteiger partial charge is 0.262 e. The normalized spacial score (nSPS) is 10.5. The zero-order valence-corrected chi connectivity index (χ0v) is 15.2. The third-order valence-corrected chi connectivity index (χ3v) is 4.20. The summed E-state index contributed by atoms with van der Waals surface area (Å²) in [4.78, 5) is 23.9. The predicted molar refractivity (Wildman–Crippen MR) is 109 cm³/mol. The Morgan fingerprint density at radius 3 is 2.56 bits per heavy atom. The van der Waals surface area contributed by atoms with Crippen molar-refractivity contribution >= 4 is 40.6 Å². The van der Waals surface area contributed by atoms with E-state index in [-0.39, 0.29) is 18.4 Å². The van der Waals surface area contributed by atoms with Crippen LogP contribution in [-0.2, 0) is 9.59 Å². The van der Waals surface area contributed by atoms with Crippen molar-refractivity contribution < 1.29 is 14.3 Å². The molecular formula is C21H18N2O3S. The largest absolute Gasteiger partial charge is 0.484 e. The van der Waals surface area contributed by atoms with Gasteiger partial charge in [0.15, 0.2) is 6.61 Å². The predicted octanol–water partition coefficient (Wildman–Crippen LogP) is 4.42. The molecule has 0 saturated carbocycles. The number of carbonyl (C=O) groups excluding carboxylic acids is 2. The molecule has 0 radical (unpaired) electrons. The lowest BCUT2D eigenvalue weighted by atomic mass is 10.3. The molecule has 2 aromatic carbocycles. The van der Waals surface area contributed by atoms with Gasteiger partial charge in [0.25, 0.3) is 5.91 Å². The van der Waals surface area contributed by atoms with Crippen LogP contribution >= 0.6 is 11.3 Å². The van der Waals surface area contributed by atoms with Gasteiger partial charge in [-0.1, -0.05) is 24.3 Å². The zero-order valence-electron chi connectivity index (χ0n) is 14.4. The summed E-state index contributed by atoms with van der Waals surface area (Å²) >= 11 is 1.57. The Labute approximate surface area is 161 Å². The van der Waals surface area contributed by atoms with E-state index in [2.05, 4.69) is 10.6 Å². The molecule has 0 aliphatic heterocycles. The fourth-order valence-corrected chi connectivity index (χ4v) is 2.89. The number of amides is 2. The van der Waals surface area contributed by atoms with Crippen molar-refractivity contribution in [2.75, 3.05) is 17.2 Å². The summed E-state index contributed by atoms with van der Waals surface area (Å²) in [5, 5.41) is 9.42. The maximum Gasteiger partial charge on any atom is 0.262 e. The molecule has 0 saturated heterocycles. The number of carbonyl (C=O) groups is 2. The summed E-state index contributed by atoms with van der Waals surface area (Å²) in [7, 11) is 0. The van der Waals surface area contributed by atoms with Crippen molar-refractivity contribution in [3.63, 3.8) is 0 Å². The Bertz CT molecular complexity index is 922. The van der Waals surface area contributed by atoms with Crippen LogP contribution in [-0.4, -0.2) is 18.4 Å². The third kappa shape index (κ3) is 6.13. The molecule has 5 nitrogen and oxygen atoms in total. The van der Waals surface area contributed by atoms with Crippen molar-refractivity contribution in [1.82, 2.24) is 0 Å². The number of rotatable bonds is 7. The molecule has 0 atom stereocenters. The number of anilines is 2. The van der Waals surface area contributed by atoms with Crippen molar-refractivity contribution in [1.29, 1.82) is 0 Å². The molecule has 27 heavy (non-hydrogen) atoms. The second kappa shape index (κ2) is 9.35. The van der Waals surface area contributed by atoms with Crippen molar-refractivity contribution in [3.8, 4) is 5.75 Å². The number of benzene rings is 2. The molecule has 0 spiro atoms. The fraction of sp³-hybridized carbons (Fsp3) is 0.0476. The Morgan fingerprint density at radius 2 is 1.78 bits per heavy atom. The van der Waals surface area contributed by atoms with Crippen LogP contribution in [0, 0.1) is 0 Å². The van der Waals surface area contributed by atoms with Crippen molar-refractivity contribution in [2.45, 2.75) is 0 Å². The van der Waals surface area contributed by atoms with E-state index in [0.29, 0.717) is 17.1 Å². The molecule has 6 heteroatoms. The van der Waals surface area contributed by atoms with E-state index < -0.39 is 0 Å². The van der Waals surface area contributed by atoms with Gasteiger partial charge in [-0.05, 0) is 52.7 Å². The standard InChI is InChI=1S/C21H18N2O3S/c24-20(10-9-16-11-12-27-15-16)23-18-7-4-8-19(13-18)26-14-21(25)22-17-5-2-1-3-6-17/h1-13,15H,14H2,(H,22,25)(H,23,24)/b10-9+. The van der Waals surface area contributed by atoms with Crippen LogP contribution < -0.4 is 15.4 Å². The summed E-state index contributed by atoms with van der Waals surface area (Å²) < 4.78 is 5.50. The van der Waals surface area contributed by atoms with Crippen LogP contribution in [0.2, 0.25) is 0 Å². The number of nitrogens with one attached hydrogen (secondary N) is 2. The number of para-hydroxylation sites is 1. The van der Waals surface area contributed by atoms with Crippen LogP contribution in [0.5, 0.6) is 5.75 Å². The van der Waals surface area contributed by atoms with Gasteiger partial charge in [-0.3, -0.25) is 9.59 Å². The number of ether oxygens (including phenoxy) is 1. The molecule has 0 unspecified atom stereocenters. The molecule has 3 aromatic rings. The molecule has 0 aliphatic carbocycles. The van der Waals surface area contributed by atoms with Gasteiger partial charge in [0.05, 0.1) is 0 Å². The third-order valence-electron chi connectivity index (χ3n) is 3.50. The first-order valence-corrected chi connectivity index (χ1v) is 9.22. The molecule has 1 aromatic heterocycles. The van der Waals surface area contributed by atoms with Gasteiger partial charge in [-0.25, -0.2) is 0 Å². The highest BCUT2D eigenvalue weighted by Gasteiger charge is 2.05. The van der Waals surface area contributed by atoms with Gasteiger partial charge in [0, 0.05) is 23.5 Å². The van der Waals surface area contributed by atoms with Crippen LogP contribution in [0.1, 0.15) is 5.56 Å². The number of thiophene rings is 1. The highest BCUT2D eigenvalue weighted by Crippen LogP contribution is 2.18. The van der Waals surface area contributed by atoms with Gasteiger partial charge >= 0.3 is 0 Å². The molecule has 2 N–H and O–H groups in total. The van der Waals surface area contributed by atoms with Crippen LogP contribution in [0.25, 0.3) is 6.08 Å². The van der Waals surface area contributed by atoms with E-state index in [4.69, 9.17) is 4.74 Å². The Hall–Kier alpha value is -3.38. The highest BCUT2D eigenvalue weighted by molar-refractivity contribution is 7.08. The lowest BCUT2D eigenvalue weighted by Crippen LogP contribution is -2.20. The molecular weight excluding hydrogens is 360 g/mol. The van der Waals surface area contributed by atoms with E-state index in [0.717, 1.165) is 5.56 Å². The first-order valence-electron chi connectivity index (χ1n) is 8.28. The SMILES string of the molecule is O=C(/C=C/c1ccsc1)Nc1cccc(OCC(=O)Nc2ccccc2)c1. The van der Waals surface area contributed by atoms with Crippen LogP contribution in [0.3, 0.4) is 0 Å². The Kier molecular flexibility index (Phi) is 6.38. The van der Waals surface area contributed by atoms with E-state index >= 15 is 0 Å². The molecule has 0 fully saturated rings. The topological polar surface area (TPSA) is 67.4 Å². The minimum atomic E-state index is -0.255. The van der Waals surface area contributed by atoms with Gasteiger partial charge in [0.1, 0.15) is 5.75 Å². The van der Waals surface area contributed by atoms with Crippen LogP contribution in [0.15, 0.2) is 77.5 Å². The maximum absolute atomic E-state index is 12.0. The van der Waals surface area contributed by atoms with Gasteiger partial charge in [0.2, 0.25) is 5.91 Å². The Balaban J connectivity index is 1.51. The first kappa shape index (κ1) is 18.4. The van der Waals surface area contributed by atoms with E-state index in [1.165, 1.54) is 6.08 Å². The highest BCUT2D eigenvalue weighted by atomic mass is 32.1. The zero-order chi connectivity index (χ0) is 18.9. The maximum atomic E-state index is 12.0. The molecule has 0 aliphatic rings. The number of hydrogen-bond acceptors (Lipinski definition) is 4. The molecule has 3 rings (SSSR count). The quantitative estimate of drug-likeness (QED) is 0.598. The lowest BCUT2D eigenvalue weighted by molar-refractivity contribution is -0.118. The summed E-state index contributed by atoms with van der Waals surface area (Å²) in [6, 6.07) is 18.0. The Morgan fingerprint density at radius 1 is 0.963 bits per heavy atom. The summed E-state index contributed by atoms with van der Waals surface area (Å²) in [5.41, 5.74) is 2.29. The first-order chi connectivity index (χ1) is 13.2. The summed E-state index contributed by atoms with van der Waals surface area (Å²) in [6.45, 7) is -0.121. The average Bonchev–Trinajstić information content (AvgIpc) is 3.20. The van der Waals surface area contributed by atoms with Gasteiger partial charge in [-0.15, -0.1) is 0 Å². The number of hydrogen-bond donors (Lipinski definition) is 2. The lowest BCUT2D eigenvalue weighted by Gasteiger charge is -2.09.